The fourth-order valence-electron chi connectivity index (χ4n) is 1.34. The number of nitrogens with one attached hydrogen (secondary N) is 1. The molecule has 0 aliphatic heterocycles. The number of aliphatic hydroxyl groups is 1. The van der Waals surface area contributed by atoms with E-state index in [4.69, 9.17) is 5.11 Å². The first kappa shape index (κ1) is 14.1. The van der Waals surface area contributed by atoms with Crippen LogP contribution in [0.3, 0.4) is 0 Å². The fraction of sp³-hybridized carbons (Fsp3) is 0.462. The lowest BCUT2D eigenvalue weighted by Crippen LogP contribution is -2.17. The Balaban J connectivity index is 2.54. The Morgan fingerprint density at radius 1 is 1.47 bits per heavy atom. The standard InChI is InChI=1S/C13H19NO2S/c1-9-5-4-6-12(11(9)3)14-13(16)8-17-10(2)7-15/h4-6,10,15H,7-8H2,1-3H3,(H,14,16). The number of hydrogen-bond donors (Lipinski definition) is 2. The van der Waals surface area contributed by atoms with Crippen LogP contribution in [0, 0.1) is 13.8 Å². The average Bonchev–Trinajstić information content (AvgIpc) is 2.32. The van der Waals surface area contributed by atoms with Crippen LogP contribution in [0.25, 0.3) is 0 Å². The molecule has 0 aliphatic rings. The maximum absolute atomic E-state index is 11.7. The molecule has 0 aromatic heterocycles. The lowest BCUT2D eigenvalue weighted by Gasteiger charge is -2.11. The first-order valence-corrected chi connectivity index (χ1v) is 6.68. The Morgan fingerprint density at radius 2 is 2.18 bits per heavy atom. The molecule has 94 valence electrons. The molecule has 0 heterocycles. The number of thioether (sulfide) groups is 1. The van der Waals surface area contributed by atoms with Crippen LogP contribution in [-0.2, 0) is 4.79 Å². The van der Waals surface area contributed by atoms with Crippen LogP contribution in [-0.4, -0.2) is 28.6 Å². The van der Waals surface area contributed by atoms with Crippen molar-refractivity contribution in [1.29, 1.82) is 0 Å². The summed E-state index contributed by atoms with van der Waals surface area (Å²) in [6.07, 6.45) is 0. The van der Waals surface area contributed by atoms with Gasteiger partial charge in [0.15, 0.2) is 0 Å². The van der Waals surface area contributed by atoms with Crippen LogP contribution in [0.1, 0.15) is 18.1 Å². The molecular weight excluding hydrogens is 234 g/mol. The van der Waals surface area contributed by atoms with Gasteiger partial charge in [-0.2, -0.15) is 0 Å². The van der Waals surface area contributed by atoms with Crippen LogP contribution in [0.2, 0.25) is 0 Å². The van der Waals surface area contributed by atoms with Crippen LogP contribution in [0.15, 0.2) is 18.2 Å². The maximum Gasteiger partial charge on any atom is 0.234 e. The van der Waals surface area contributed by atoms with E-state index in [1.54, 1.807) is 0 Å². The van der Waals surface area contributed by atoms with E-state index in [0.29, 0.717) is 5.75 Å². The van der Waals surface area contributed by atoms with Gasteiger partial charge in [0.1, 0.15) is 0 Å². The molecule has 1 amide bonds. The van der Waals surface area contributed by atoms with Gasteiger partial charge < -0.3 is 10.4 Å². The zero-order chi connectivity index (χ0) is 12.8. The van der Waals surface area contributed by atoms with E-state index in [1.165, 1.54) is 17.3 Å². The topological polar surface area (TPSA) is 49.3 Å². The molecule has 0 saturated carbocycles. The van der Waals surface area contributed by atoms with Crippen LogP contribution in [0.4, 0.5) is 5.69 Å². The van der Waals surface area contributed by atoms with Crippen molar-refractivity contribution in [2.45, 2.75) is 26.0 Å². The summed E-state index contributed by atoms with van der Waals surface area (Å²) in [6, 6.07) is 5.86. The van der Waals surface area contributed by atoms with Gasteiger partial charge >= 0.3 is 0 Å². The van der Waals surface area contributed by atoms with Crippen LogP contribution in [0.5, 0.6) is 0 Å². The lowest BCUT2D eigenvalue weighted by molar-refractivity contribution is -0.113. The Hall–Kier alpha value is -1.00. The smallest absolute Gasteiger partial charge is 0.234 e. The highest BCUT2D eigenvalue weighted by molar-refractivity contribution is 8.00. The zero-order valence-corrected chi connectivity index (χ0v) is 11.3. The van der Waals surface area contributed by atoms with Gasteiger partial charge in [0.25, 0.3) is 0 Å². The third-order valence-electron chi connectivity index (χ3n) is 2.63. The van der Waals surface area contributed by atoms with Crippen LogP contribution < -0.4 is 5.32 Å². The van der Waals surface area contributed by atoms with E-state index in [0.717, 1.165) is 11.3 Å². The van der Waals surface area contributed by atoms with E-state index in [2.05, 4.69) is 5.32 Å². The molecule has 1 aromatic rings. The van der Waals surface area contributed by atoms with Gasteiger partial charge in [0.05, 0.1) is 12.4 Å². The third kappa shape index (κ3) is 4.40. The van der Waals surface area contributed by atoms with Gasteiger partial charge in [-0.25, -0.2) is 0 Å². The number of amides is 1. The number of benzene rings is 1. The molecule has 1 atom stereocenters. The molecular formula is C13H19NO2S. The molecule has 0 saturated heterocycles. The lowest BCUT2D eigenvalue weighted by atomic mass is 10.1. The summed E-state index contributed by atoms with van der Waals surface area (Å²) >= 11 is 1.45. The van der Waals surface area contributed by atoms with Gasteiger partial charge in [-0.3, -0.25) is 4.79 Å². The number of carbonyl (C=O) groups is 1. The second-order valence-electron chi connectivity index (χ2n) is 4.10. The molecule has 3 nitrogen and oxygen atoms in total. The minimum Gasteiger partial charge on any atom is -0.395 e. The van der Waals surface area contributed by atoms with Gasteiger partial charge in [0, 0.05) is 10.9 Å². The minimum absolute atomic E-state index is 0.0241. The summed E-state index contributed by atoms with van der Waals surface area (Å²) in [6.45, 7) is 6.01. The maximum atomic E-state index is 11.7. The van der Waals surface area contributed by atoms with E-state index >= 15 is 0 Å². The summed E-state index contributed by atoms with van der Waals surface area (Å²) in [5, 5.41) is 11.9. The summed E-state index contributed by atoms with van der Waals surface area (Å²) in [4.78, 5) is 11.7. The van der Waals surface area contributed by atoms with E-state index < -0.39 is 0 Å². The molecule has 1 rings (SSSR count). The molecule has 0 fully saturated rings. The Morgan fingerprint density at radius 3 is 2.82 bits per heavy atom. The Bertz CT molecular complexity index is 393. The number of aliphatic hydroxyl groups excluding tert-OH is 1. The summed E-state index contributed by atoms with van der Waals surface area (Å²) in [5.41, 5.74) is 3.13. The number of carbonyl (C=O) groups excluding carboxylic acids is 1. The Labute approximate surface area is 107 Å². The van der Waals surface area contributed by atoms with Crippen molar-refractivity contribution < 1.29 is 9.90 Å². The quantitative estimate of drug-likeness (QED) is 0.847. The number of aryl methyl sites for hydroxylation is 1. The van der Waals surface area contributed by atoms with Crippen molar-refractivity contribution in [3.05, 3.63) is 29.3 Å². The van der Waals surface area contributed by atoms with Crippen molar-refractivity contribution >= 4 is 23.4 Å². The molecule has 0 bridgehead atoms. The van der Waals surface area contributed by atoms with E-state index in [1.807, 2.05) is 39.0 Å². The van der Waals surface area contributed by atoms with Crippen molar-refractivity contribution in [3.8, 4) is 0 Å². The number of hydrogen-bond acceptors (Lipinski definition) is 3. The summed E-state index contributed by atoms with van der Waals surface area (Å²) < 4.78 is 0. The highest BCUT2D eigenvalue weighted by atomic mass is 32.2. The first-order valence-electron chi connectivity index (χ1n) is 5.63. The number of anilines is 1. The SMILES string of the molecule is Cc1cccc(NC(=O)CSC(C)CO)c1C. The van der Waals surface area contributed by atoms with E-state index in [-0.39, 0.29) is 17.8 Å². The largest absolute Gasteiger partial charge is 0.395 e. The predicted octanol–water partition coefficient (Wildman–Crippen LogP) is 2.36. The zero-order valence-electron chi connectivity index (χ0n) is 10.5. The van der Waals surface area contributed by atoms with Crippen molar-refractivity contribution in [2.75, 3.05) is 17.7 Å². The first-order chi connectivity index (χ1) is 8.04. The van der Waals surface area contributed by atoms with Crippen molar-refractivity contribution in [2.24, 2.45) is 0 Å². The van der Waals surface area contributed by atoms with Gasteiger partial charge in [0.2, 0.25) is 5.91 Å². The highest BCUT2D eigenvalue weighted by Gasteiger charge is 2.08. The Kier molecular flexibility index (Phi) is 5.51. The second kappa shape index (κ2) is 6.67. The molecule has 0 radical (unpaired) electrons. The average molecular weight is 253 g/mol. The van der Waals surface area contributed by atoms with Crippen LogP contribution >= 0.6 is 11.8 Å². The highest BCUT2D eigenvalue weighted by Crippen LogP contribution is 2.18. The third-order valence-corrected chi connectivity index (χ3v) is 3.78. The monoisotopic (exact) mass is 253 g/mol. The molecule has 2 N–H and O–H groups in total. The van der Waals surface area contributed by atoms with Gasteiger partial charge in [-0.05, 0) is 31.0 Å². The summed E-state index contributed by atoms with van der Waals surface area (Å²) in [7, 11) is 0. The number of rotatable bonds is 5. The molecule has 1 unspecified atom stereocenters. The van der Waals surface area contributed by atoms with E-state index in [9.17, 15) is 4.79 Å². The second-order valence-corrected chi connectivity index (χ2v) is 5.53. The van der Waals surface area contributed by atoms with Crippen molar-refractivity contribution in [3.63, 3.8) is 0 Å². The normalized spacial score (nSPS) is 12.2. The molecule has 0 spiro atoms. The van der Waals surface area contributed by atoms with Gasteiger partial charge in [-0.1, -0.05) is 19.1 Å². The van der Waals surface area contributed by atoms with Gasteiger partial charge in [-0.15, -0.1) is 11.8 Å². The molecule has 1 aromatic carbocycles. The minimum atomic E-state index is -0.0241. The summed E-state index contributed by atoms with van der Waals surface area (Å²) in [5.74, 6) is 0.346. The molecule has 0 aliphatic carbocycles. The van der Waals surface area contributed by atoms with Crippen molar-refractivity contribution in [1.82, 2.24) is 0 Å². The fourth-order valence-corrected chi connectivity index (χ4v) is 1.96. The molecule has 4 heteroatoms. The predicted molar refractivity (Wildman–Crippen MR) is 73.6 cm³/mol. The molecule has 17 heavy (non-hydrogen) atoms.